The minimum Gasteiger partial charge on any atom is -0.497 e. The van der Waals surface area contributed by atoms with Gasteiger partial charge in [0.25, 0.3) is 5.56 Å². The summed E-state index contributed by atoms with van der Waals surface area (Å²) in [5, 5.41) is 2.86. The first kappa shape index (κ1) is 18.0. The highest BCUT2D eigenvalue weighted by Gasteiger charge is 2.08. The van der Waals surface area contributed by atoms with E-state index in [1.807, 2.05) is 0 Å². The predicted molar refractivity (Wildman–Crippen MR) is 93.1 cm³/mol. The molecule has 0 saturated carbocycles. The van der Waals surface area contributed by atoms with Crippen LogP contribution < -0.4 is 21.3 Å². The van der Waals surface area contributed by atoms with Gasteiger partial charge in [0.2, 0.25) is 11.9 Å². The zero-order valence-electron chi connectivity index (χ0n) is 13.9. The molecule has 0 atom stereocenters. The maximum Gasteiger partial charge on any atom is 0.311 e. The van der Waals surface area contributed by atoms with Crippen molar-refractivity contribution in [3.05, 3.63) is 46.4 Å². The number of rotatable bonds is 6. The number of guanidine groups is 1. The first-order valence-electron chi connectivity index (χ1n) is 7.51. The molecule has 0 bridgehead atoms. The predicted octanol–water partition coefficient (Wildman–Crippen LogP) is 0.942. The van der Waals surface area contributed by atoms with Gasteiger partial charge in [-0.2, -0.15) is 4.99 Å². The van der Waals surface area contributed by atoms with Crippen LogP contribution in [0.4, 0.5) is 11.6 Å². The summed E-state index contributed by atoms with van der Waals surface area (Å²) < 4.78 is 9.90. The van der Waals surface area contributed by atoms with E-state index in [2.05, 4.69) is 20.3 Å². The molecular formula is C16H19N5O4. The number of nitrogens with zero attached hydrogens (tertiary/aromatic N) is 2. The van der Waals surface area contributed by atoms with Crippen molar-refractivity contribution in [1.29, 1.82) is 0 Å². The van der Waals surface area contributed by atoms with Gasteiger partial charge in [-0.05, 0) is 31.2 Å². The van der Waals surface area contributed by atoms with Crippen LogP contribution in [0.25, 0.3) is 0 Å². The van der Waals surface area contributed by atoms with Gasteiger partial charge in [-0.25, -0.2) is 4.98 Å². The molecule has 0 amide bonds. The highest BCUT2D eigenvalue weighted by atomic mass is 16.5. The Bertz CT molecular complexity index is 814. The molecule has 1 aromatic heterocycles. The molecule has 0 saturated heterocycles. The van der Waals surface area contributed by atoms with Crippen LogP contribution in [0.3, 0.4) is 0 Å². The van der Waals surface area contributed by atoms with Gasteiger partial charge in [-0.1, -0.05) is 0 Å². The van der Waals surface area contributed by atoms with Gasteiger partial charge in [0.05, 0.1) is 25.8 Å². The van der Waals surface area contributed by atoms with Crippen molar-refractivity contribution >= 4 is 23.6 Å². The van der Waals surface area contributed by atoms with E-state index >= 15 is 0 Å². The number of aromatic nitrogens is 2. The average molecular weight is 345 g/mol. The number of anilines is 1. The second kappa shape index (κ2) is 8.48. The maximum atomic E-state index is 11.7. The van der Waals surface area contributed by atoms with Crippen LogP contribution in [0.5, 0.6) is 5.75 Å². The van der Waals surface area contributed by atoms with Crippen LogP contribution in [0.2, 0.25) is 0 Å². The van der Waals surface area contributed by atoms with E-state index in [0.717, 1.165) is 0 Å². The van der Waals surface area contributed by atoms with Gasteiger partial charge in [0.15, 0.2) is 0 Å². The minimum atomic E-state index is -0.472. The highest BCUT2D eigenvalue weighted by molar-refractivity contribution is 5.93. The fourth-order valence-corrected chi connectivity index (χ4v) is 1.96. The molecule has 0 aliphatic carbocycles. The fraction of sp³-hybridized carbons (Fsp3) is 0.250. The second-order valence-electron chi connectivity index (χ2n) is 4.89. The van der Waals surface area contributed by atoms with Crippen LogP contribution in [0.15, 0.2) is 40.1 Å². The number of benzene rings is 1. The SMILES string of the molecule is CCOC(=O)Cc1cc(=O)[nH]c(/N=C(\N)Nc2ccc(OC)cc2)n1. The number of carbonyl (C=O) groups is 1. The van der Waals surface area contributed by atoms with Gasteiger partial charge in [-0.3, -0.25) is 14.6 Å². The number of H-pyrrole nitrogens is 1. The Labute approximate surface area is 143 Å². The second-order valence-corrected chi connectivity index (χ2v) is 4.89. The Morgan fingerprint density at radius 3 is 2.72 bits per heavy atom. The summed E-state index contributed by atoms with van der Waals surface area (Å²) >= 11 is 0. The lowest BCUT2D eigenvalue weighted by Crippen LogP contribution is -2.22. The number of hydrogen-bond donors (Lipinski definition) is 3. The topological polar surface area (TPSA) is 132 Å². The van der Waals surface area contributed by atoms with Gasteiger partial charge < -0.3 is 20.5 Å². The van der Waals surface area contributed by atoms with Crippen LogP contribution >= 0.6 is 0 Å². The molecule has 0 unspecified atom stereocenters. The Kier molecular flexibility index (Phi) is 6.10. The van der Waals surface area contributed by atoms with Crippen molar-refractivity contribution in [2.45, 2.75) is 13.3 Å². The number of methoxy groups -OCH3 is 1. The van der Waals surface area contributed by atoms with E-state index in [1.165, 1.54) is 6.07 Å². The summed E-state index contributed by atoms with van der Waals surface area (Å²) in [7, 11) is 1.57. The standard InChI is InChI=1S/C16H19N5O4/c1-3-25-14(23)9-11-8-13(22)20-16(19-11)21-15(17)18-10-4-6-12(24-2)7-5-10/h4-8H,3,9H2,1-2H3,(H4,17,18,19,20,21,22). The van der Waals surface area contributed by atoms with Crippen LogP contribution in [0, 0.1) is 0 Å². The molecule has 132 valence electrons. The molecule has 0 aliphatic heterocycles. The van der Waals surface area contributed by atoms with Crippen molar-refractivity contribution in [1.82, 2.24) is 9.97 Å². The van der Waals surface area contributed by atoms with E-state index in [1.54, 1.807) is 38.3 Å². The van der Waals surface area contributed by atoms with Gasteiger partial charge in [0, 0.05) is 11.8 Å². The number of hydrogen-bond acceptors (Lipinski definition) is 6. The number of ether oxygens (including phenoxy) is 2. The van der Waals surface area contributed by atoms with Gasteiger partial charge >= 0.3 is 5.97 Å². The molecule has 0 fully saturated rings. The molecule has 2 aromatic rings. The third kappa shape index (κ3) is 5.65. The summed E-state index contributed by atoms with van der Waals surface area (Å²) in [6, 6.07) is 8.25. The minimum absolute atomic E-state index is 0.00897. The molecule has 0 aliphatic rings. The number of aromatic amines is 1. The number of carbonyl (C=O) groups excluding carboxylic acids is 1. The smallest absolute Gasteiger partial charge is 0.311 e. The van der Waals surface area contributed by atoms with E-state index in [-0.39, 0.29) is 30.6 Å². The van der Waals surface area contributed by atoms with Gasteiger partial charge in [-0.15, -0.1) is 0 Å². The molecule has 9 nitrogen and oxygen atoms in total. The monoisotopic (exact) mass is 345 g/mol. The Morgan fingerprint density at radius 1 is 1.36 bits per heavy atom. The molecule has 1 aromatic carbocycles. The Hall–Kier alpha value is -3.36. The lowest BCUT2D eigenvalue weighted by molar-refractivity contribution is -0.142. The first-order valence-corrected chi connectivity index (χ1v) is 7.51. The largest absolute Gasteiger partial charge is 0.497 e. The fourth-order valence-electron chi connectivity index (χ4n) is 1.96. The van der Waals surface area contributed by atoms with Crippen molar-refractivity contribution < 1.29 is 14.3 Å². The van der Waals surface area contributed by atoms with E-state index < -0.39 is 11.5 Å². The molecule has 1 heterocycles. The normalized spacial score (nSPS) is 11.0. The highest BCUT2D eigenvalue weighted by Crippen LogP contribution is 2.15. The number of esters is 1. The van der Waals surface area contributed by atoms with Crippen LogP contribution in [-0.2, 0) is 16.0 Å². The van der Waals surface area contributed by atoms with Crippen LogP contribution in [-0.4, -0.2) is 35.6 Å². The van der Waals surface area contributed by atoms with Crippen molar-refractivity contribution in [2.24, 2.45) is 10.7 Å². The summed E-state index contributed by atoms with van der Waals surface area (Å²) in [6.07, 6.45) is -0.119. The average Bonchev–Trinajstić information content (AvgIpc) is 2.55. The van der Waals surface area contributed by atoms with E-state index in [4.69, 9.17) is 15.2 Å². The summed E-state index contributed by atoms with van der Waals surface area (Å²) in [5.74, 6) is 0.255. The molecular weight excluding hydrogens is 326 g/mol. The first-order chi connectivity index (χ1) is 12.0. The van der Waals surface area contributed by atoms with Gasteiger partial charge in [0.1, 0.15) is 5.75 Å². The quantitative estimate of drug-likeness (QED) is 0.403. The third-order valence-corrected chi connectivity index (χ3v) is 3.00. The van der Waals surface area contributed by atoms with E-state index in [9.17, 15) is 9.59 Å². The number of nitrogens with two attached hydrogens (primary N) is 1. The van der Waals surface area contributed by atoms with Crippen molar-refractivity contribution in [3.8, 4) is 5.75 Å². The zero-order valence-corrected chi connectivity index (χ0v) is 13.9. The summed E-state index contributed by atoms with van der Waals surface area (Å²) in [5.41, 5.74) is 6.31. The molecule has 4 N–H and O–H groups in total. The lowest BCUT2D eigenvalue weighted by Gasteiger charge is -2.06. The Morgan fingerprint density at radius 2 is 2.08 bits per heavy atom. The third-order valence-electron chi connectivity index (χ3n) is 3.00. The van der Waals surface area contributed by atoms with E-state index in [0.29, 0.717) is 11.4 Å². The zero-order chi connectivity index (χ0) is 18.2. The molecule has 2 rings (SSSR count). The molecule has 25 heavy (non-hydrogen) atoms. The Balaban J connectivity index is 2.13. The summed E-state index contributed by atoms with van der Waals surface area (Å²) in [4.78, 5) is 33.7. The summed E-state index contributed by atoms with van der Waals surface area (Å²) in [6.45, 7) is 1.95. The number of aliphatic imine (C=N–C) groups is 1. The number of nitrogens with one attached hydrogen (secondary N) is 2. The molecule has 9 heteroatoms. The van der Waals surface area contributed by atoms with Crippen LogP contribution in [0.1, 0.15) is 12.6 Å². The van der Waals surface area contributed by atoms with Crippen molar-refractivity contribution in [3.63, 3.8) is 0 Å². The van der Waals surface area contributed by atoms with Crippen molar-refractivity contribution in [2.75, 3.05) is 19.0 Å². The molecule has 0 spiro atoms. The molecule has 0 radical (unpaired) electrons. The maximum absolute atomic E-state index is 11.7. The lowest BCUT2D eigenvalue weighted by atomic mass is 10.3.